The first-order valence-electron chi connectivity index (χ1n) is 8.11. The first-order chi connectivity index (χ1) is 12.7. The molecule has 0 saturated heterocycles. The molecule has 0 aliphatic carbocycles. The maximum absolute atomic E-state index is 12.7. The van der Waals surface area contributed by atoms with Crippen molar-refractivity contribution in [3.63, 3.8) is 0 Å². The van der Waals surface area contributed by atoms with Crippen molar-refractivity contribution in [2.24, 2.45) is 0 Å². The van der Waals surface area contributed by atoms with Crippen LogP contribution in [0.15, 0.2) is 47.4 Å². The third kappa shape index (κ3) is 5.98. The van der Waals surface area contributed by atoms with Crippen LogP contribution in [0.5, 0.6) is 0 Å². The Bertz CT molecular complexity index is 863. The van der Waals surface area contributed by atoms with Crippen molar-refractivity contribution in [3.05, 3.63) is 64.1 Å². The highest BCUT2D eigenvalue weighted by Crippen LogP contribution is 2.29. The van der Waals surface area contributed by atoms with E-state index in [4.69, 9.17) is 0 Å². The maximum atomic E-state index is 12.7. The number of rotatable bonds is 6. The molecule has 1 aromatic heterocycles. The highest BCUT2D eigenvalue weighted by Gasteiger charge is 2.31. The van der Waals surface area contributed by atoms with Crippen LogP contribution in [0.25, 0.3) is 0 Å². The summed E-state index contributed by atoms with van der Waals surface area (Å²) in [5.74, 6) is -1.19. The summed E-state index contributed by atoms with van der Waals surface area (Å²) in [6, 6.07) is 8.78. The number of aromatic nitrogens is 1. The summed E-state index contributed by atoms with van der Waals surface area (Å²) in [4.78, 5) is 37.5. The molecular formula is C18H18F3N3O3. The van der Waals surface area contributed by atoms with E-state index in [9.17, 15) is 27.6 Å². The van der Waals surface area contributed by atoms with Gasteiger partial charge in [-0.3, -0.25) is 14.4 Å². The lowest BCUT2D eigenvalue weighted by Gasteiger charge is -2.14. The Labute approximate surface area is 152 Å². The molecule has 144 valence electrons. The van der Waals surface area contributed by atoms with Crippen LogP contribution in [0.2, 0.25) is 0 Å². The standard InChI is InChI=1S/C18H18F3N3O3/c1-11(23-15(25)8-7-12-5-3-2-4-6-12)16(26)24-14-9-13(18(19,20)21)10-22-17(14)27/h2-6,9-11H,7-8H2,1H3,(H,22,27)(H,23,25)(H,24,26)/t11-/m1/s1. The highest BCUT2D eigenvalue weighted by atomic mass is 19.4. The number of aromatic amines is 1. The SMILES string of the molecule is C[C@@H](NC(=O)CCc1ccccc1)C(=O)Nc1cc(C(F)(F)F)c[nH]c1=O. The molecule has 2 rings (SSSR count). The van der Waals surface area contributed by atoms with Crippen molar-refractivity contribution in [2.45, 2.75) is 32.0 Å². The van der Waals surface area contributed by atoms with Crippen molar-refractivity contribution in [1.29, 1.82) is 0 Å². The van der Waals surface area contributed by atoms with E-state index < -0.39 is 34.9 Å². The summed E-state index contributed by atoms with van der Waals surface area (Å²) in [6.45, 7) is 1.37. The molecule has 2 amide bonds. The first-order valence-corrected chi connectivity index (χ1v) is 8.11. The number of aryl methyl sites for hydroxylation is 1. The van der Waals surface area contributed by atoms with Crippen LogP contribution in [0.3, 0.4) is 0 Å². The van der Waals surface area contributed by atoms with E-state index in [1.807, 2.05) is 35.3 Å². The van der Waals surface area contributed by atoms with Gasteiger partial charge in [-0.2, -0.15) is 13.2 Å². The van der Waals surface area contributed by atoms with Crippen LogP contribution in [0, 0.1) is 0 Å². The molecule has 0 bridgehead atoms. The summed E-state index contributed by atoms with van der Waals surface area (Å²) < 4.78 is 38.1. The quantitative estimate of drug-likeness (QED) is 0.718. The Balaban J connectivity index is 1.93. The molecule has 0 saturated carbocycles. The maximum Gasteiger partial charge on any atom is 0.417 e. The van der Waals surface area contributed by atoms with Crippen LogP contribution in [-0.4, -0.2) is 22.8 Å². The third-order valence-corrected chi connectivity index (χ3v) is 3.74. The van der Waals surface area contributed by atoms with Gasteiger partial charge in [0.2, 0.25) is 11.8 Å². The van der Waals surface area contributed by atoms with E-state index >= 15 is 0 Å². The fourth-order valence-corrected chi connectivity index (χ4v) is 2.26. The smallest absolute Gasteiger partial charge is 0.345 e. The summed E-state index contributed by atoms with van der Waals surface area (Å²) in [7, 11) is 0. The van der Waals surface area contributed by atoms with Crippen LogP contribution in [0.4, 0.5) is 18.9 Å². The van der Waals surface area contributed by atoms with Gasteiger partial charge in [-0.05, 0) is 25.0 Å². The second-order valence-corrected chi connectivity index (χ2v) is 5.89. The molecule has 0 unspecified atom stereocenters. The molecule has 0 aliphatic rings. The van der Waals surface area contributed by atoms with E-state index in [-0.39, 0.29) is 12.3 Å². The number of amides is 2. The Morgan fingerprint density at radius 2 is 1.85 bits per heavy atom. The van der Waals surface area contributed by atoms with Crippen molar-refractivity contribution in [1.82, 2.24) is 10.3 Å². The van der Waals surface area contributed by atoms with E-state index in [1.165, 1.54) is 6.92 Å². The molecule has 0 aliphatic heterocycles. The lowest BCUT2D eigenvalue weighted by molar-refractivity contribution is -0.137. The summed E-state index contributed by atoms with van der Waals surface area (Å²) >= 11 is 0. The summed E-state index contributed by atoms with van der Waals surface area (Å²) in [5, 5.41) is 4.55. The largest absolute Gasteiger partial charge is 0.417 e. The van der Waals surface area contributed by atoms with Gasteiger partial charge >= 0.3 is 6.18 Å². The lowest BCUT2D eigenvalue weighted by Crippen LogP contribution is -2.42. The topological polar surface area (TPSA) is 91.1 Å². The molecule has 0 fully saturated rings. The van der Waals surface area contributed by atoms with E-state index in [1.54, 1.807) is 0 Å². The summed E-state index contributed by atoms with van der Waals surface area (Å²) in [5.41, 5.74) is -1.56. The number of pyridine rings is 1. The van der Waals surface area contributed by atoms with Crippen LogP contribution in [0.1, 0.15) is 24.5 Å². The fraction of sp³-hybridized carbons (Fsp3) is 0.278. The number of carbonyl (C=O) groups is 2. The van der Waals surface area contributed by atoms with E-state index in [0.29, 0.717) is 18.7 Å². The normalized spacial score (nSPS) is 12.3. The molecule has 2 aromatic rings. The molecule has 1 atom stereocenters. The Kier molecular flexibility index (Phi) is 6.38. The second kappa shape index (κ2) is 8.52. The van der Waals surface area contributed by atoms with Gasteiger partial charge in [0.25, 0.3) is 5.56 Å². The van der Waals surface area contributed by atoms with Gasteiger partial charge < -0.3 is 15.6 Å². The number of carbonyl (C=O) groups excluding carboxylic acids is 2. The van der Waals surface area contributed by atoms with E-state index in [0.717, 1.165) is 5.56 Å². The zero-order valence-corrected chi connectivity index (χ0v) is 14.4. The number of anilines is 1. The molecule has 27 heavy (non-hydrogen) atoms. The Morgan fingerprint density at radius 3 is 2.48 bits per heavy atom. The van der Waals surface area contributed by atoms with Gasteiger partial charge in [0.15, 0.2) is 0 Å². The third-order valence-electron chi connectivity index (χ3n) is 3.74. The van der Waals surface area contributed by atoms with Gasteiger partial charge in [-0.15, -0.1) is 0 Å². The van der Waals surface area contributed by atoms with Gasteiger partial charge in [0.05, 0.1) is 5.56 Å². The number of H-pyrrole nitrogens is 1. The molecule has 6 nitrogen and oxygen atoms in total. The number of halogens is 3. The molecule has 0 spiro atoms. The molecular weight excluding hydrogens is 363 g/mol. The van der Waals surface area contributed by atoms with Crippen LogP contribution in [-0.2, 0) is 22.2 Å². The van der Waals surface area contributed by atoms with Crippen LogP contribution < -0.4 is 16.2 Å². The van der Waals surface area contributed by atoms with Gasteiger partial charge in [-0.1, -0.05) is 30.3 Å². The minimum atomic E-state index is -4.67. The van der Waals surface area contributed by atoms with Crippen molar-refractivity contribution < 1.29 is 22.8 Å². The molecule has 3 N–H and O–H groups in total. The predicted octanol–water partition coefficient (Wildman–Crippen LogP) is 2.47. The summed E-state index contributed by atoms with van der Waals surface area (Å²) in [6.07, 6.45) is -3.52. The average Bonchev–Trinajstić information content (AvgIpc) is 2.61. The van der Waals surface area contributed by atoms with Gasteiger partial charge in [-0.25, -0.2) is 0 Å². The second-order valence-electron chi connectivity index (χ2n) is 5.89. The number of nitrogens with one attached hydrogen (secondary N) is 3. The Hall–Kier alpha value is -3.10. The molecule has 1 aromatic carbocycles. The minimum absolute atomic E-state index is 0.145. The zero-order chi connectivity index (χ0) is 20.0. The zero-order valence-electron chi connectivity index (χ0n) is 14.4. The minimum Gasteiger partial charge on any atom is -0.345 e. The fourth-order valence-electron chi connectivity index (χ4n) is 2.26. The average molecular weight is 381 g/mol. The molecule has 1 heterocycles. The predicted molar refractivity (Wildman–Crippen MR) is 93.1 cm³/mol. The van der Waals surface area contributed by atoms with Crippen molar-refractivity contribution in [2.75, 3.05) is 5.32 Å². The molecule has 9 heteroatoms. The van der Waals surface area contributed by atoms with Crippen molar-refractivity contribution in [3.8, 4) is 0 Å². The number of hydrogen-bond donors (Lipinski definition) is 3. The van der Waals surface area contributed by atoms with Gasteiger partial charge in [0.1, 0.15) is 11.7 Å². The lowest BCUT2D eigenvalue weighted by atomic mass is 10.1. The number of benzene rings is 1. The first kappa shape index (κ1) is 20.2. The Morgan fingerprint density at radius 1 is 1.19 bits per heavy atom. The highest BCUT2D eigenvalue weighted by molar-refractivity contribution is 5.96. The van der Waals surface area contributed by atoms with Gasteiger partial charge in [0, 0.05) is 12.6 Å². The monoisotopic (exact) mass is 381 g/mol. The number of hydrogen-bond acceptors (Lipinski definition) is 3. The van der Waals surface area contributed by atoms with E-state index in [2.05, 4.69) is 10.6 Å². The molecule has 0 radical (unpaired) electrons. The van der Waals surface area contributed by atoms with Crippen LogP contribution >= 0.6 is 0 Å². The van der Waals surface area contributed by atoms with Crippen molar-refractivity contribution >= 4 is 17.5 Å². The number of alkyl halides is 3.